The summed E-state index contributed by atoms with van der Waals surface area (Å²) in [6.45, 7) is 3.90. The van der Waals surface area contributed by atoms with E-state index >= 15 is 0 Å². The molecule has 0 aliphatic rings. The molecule has 0 radical (unpaired) electrons. The molecular weight excluding hydrogens is 266 g/mol. The number of sulfonamides is 1. The van der Waals surface area contributed by atoms with Gasteiger partial charge in [0, 0.05) is 25.3 Å². The molecule has 0 spiro atoms. The summed E-state index contributed by atoms with van der Waals surface area (Å²) in [6, 6.07) is 6.24. The molecule has 6 heteroatoms. The van der Waals surface area contributed by atoms with Crippen molar-refractivity contribution in [2.75, 3.05) is 20.3 Å². The van der Waals surface area contributed by atoms with Crippen LogP contribution in [0, 0.1) is 0 Å². The van der Waals surface area contributed by atoms with Crippen molar-refractivity contribution in [3.63, 3.8) is 0 Å². The van der Waals surface area contributed by atoms with Gasteiger partial charge in [0.25, 0.3) is 0 Å². The molecule has 1 aromatic rings. The van der Waals surface area contributed by atoms with Crippen molar-refractivity contribution in [2.45, 2.75) is 31.2 Å². The number of hydrogen-bond acceptors (Lipinski definition) is 4. The van der Waals surface area contributed by atoms with E-state index in [1.807, 2.05) is 13.8 Å². The van der Waals surface area contributed by atoms with Crippen molar-refractivity contribution in [1.82, 2.24) is 4.31 Å². The number of aliphatic hydroxyl groups excluding tert-OH is 1. The molecule has 0 fully saturated rings. The van der Waals surface area contributed by atoms with Gasteiger partial charge in [-0.3, -0.25) is 0 Å². The average Bonchev–Trinajstić information content (AvgIpc) is 2.38. The number of rotatable bonds is 7. The van der Waals surface area contributed by atoms with Crippen molar-refractivity contribution in [3.05, 3.63) is 24.3 Å². The quantitative estimate of drug-likeness (QED) is 0.825. The van der Waals surface area contributed by atoms with Crippen LogP contribution in [0.15, 0.2) is 29.2 Å². The molecule has 1 rings (SSSR count). The van der Waals surface area contributed by atoms with Gasteiger partial charge in [-0.25, -0.2) is 8.42 Å². The fourth-order valence-electron chi connectivity index (χ4n) is 1.78. The fraction of sp³-hybridized carbons (Fsp3) is 0.538. The van der Waals surface area contributed by atoms with E-state index in [2.05, 4.69) is 0 Å². The Bertz CT molecular complexity index is 499. The molecule has 0 heterocycles. The van der Waals surface area contributed by atoms with Crippen LogP contribution in [0.1, 0.15) is 20.3 Å². The summed E-state index contributed by atoms with van der Waals surface area (Å²) < 4.78 is 31.5. The van der Waals surface area contributed by atoms with Crippen LogP contribution in [0.2, 0.25) is 0 Å². The van der Waals surface area contributed by atoms with Gasteiger partial charge in [0.1, 0.15) is 5.75 Å². The summed E-state index contributed by atoms with van der Waals surface area (Å²) in [5.41, 5.74) is 0. The number of ether oxygens (including phenoxy) is 1. The fourth-order valence-corrected chi connectivity index (χ4v) is 3.49. The lowest BCUT2D eigenvalue weighted by Crippen LogP contribution is -2.38. The van der Waals surface area contributed by atoms with Crippen LogP contribution in [0.3, 0.4) is 0 Å². The number of aliphatic hydroxyl groups is 1. The summed E-state index contributed by atoms with van der Waals surface area (Å²) in [5.74, 6) is 0.506. The van der Waals surface area contributed by atoms with E-state index in [0.717, 1.165) is 0 Å². The Kier molecular flexibility index (Phi) is 5.78. The minimum absolute atomic E-state index is 0.0309. The van der Waals surface area contributed by atoms with E-state index in [-0.39, 0.29) is 17.5 Å². The maximum absolute atomic E-state index is 12.5. The monoisotopic (exact) mass is 287 g/mol. The van der Waals surface area contributed by atoms with Crippen LogP contribution >= 0.6 is 0 Å². The zero-order valence-corrected chi connectivity index (χ0v) is 12.4. The Morgan fingerprint density at radius 2 is 2.05 bits per heavy atom. The minimum Gasteiger partial charge on any atom is -0.497 e. The molecule has 1 N–H and O–H groups in total. The molecule has 0 unspecified atom stereocenters. The molecule has 0 bridgehead atoms. The van der Waals surface area contributed by atoms with Gasteiger partial charge in [0.2, 0.25) is 10.0 Å². The number of methoxy groups -OCH3 is 1. The van der Waals surface area contributed by atoms with Crippen molar-refractivity contribution in [2.24, 2.45) is 0 Å². The molecule has 19 heavy (non-hydrogen) atoms. The zero-order valence-electron chi connectivity index (χ0n) is 11.5. The molecule has 108 valence electrons. The van der Waals surface area contributed by atoms with Crippen LogP contribution in [-0.2, 0) is 10.0 Å². The zero-order chi connectivity index (χ0) is 14.5. The molecule has 0 atom stereocenters. The maximum atomic E-state index is 12.5. The Morgan fingerprint density at radius 3 is 2.58 bits per heavy atom. The van der Waals surface area contributed by atoms with Crippen molar-refractivity contribution in [1.29, 1.82) is 0 Å². The second-order valence-electron chi connectivity index (χ2n) is 4.47. The summed E-state index contributed by atoms with van der Waals surface area (Å²) in [4.78, 5) is 0.207. The second-order valence-corrected chi connectivity index (χ2v) is 6.36. The van der Waals surface area contributed by atoms with Crippen LogP contribution in [0.25, 0.3) is 0 Å². The van der Waals surface area contributed by atoms with Gasteiger partial charge in [-0.15, -0.1) is 0 Å². The summed E-state index contributed by atoms with van der Waals surface area (Å²) in [6.07, 6.45) is 0.418. The third-order valence-electron chi connectivity index (χ3n) is 2.76. The van der Waals surface area contributed by atoms with Gasteiger partial charge in [0.15, 0.2) is 0 Å². The molecule has 0 saturated heterocycles. The van der Waals surface area contributed by atoms with Gasteiger partial charge in [-0.05, 0) is 32.4 Å². The van der Waals surface area contributed by atoms with Crippen molar-refractivity contribution < 1.29 is 18.3 Å². The lowest BCUT2D eigenvalue weighted by Gasteiger charge is -2.25. The number of hydrogen-bond donors (Lipinski definition) is 1. The third kappa shape index (κ3) is 3.92. The Balaban J connectivity index is 3.11. The van der Waals surface area contributed by atoms with E-state index in [1.165, 1.54) is 17.5 Å². The van der Waals surface area contributed by atoms with E-state index in [4.69, 9.17) is 9.84 Å². The van der Waals surface area contributed by atoms with E-state index in [9.17, 15) is 8.42 Å². The predicted octanol–water partition coefficient (Wildman–Crippen LogP) is 1.48. The van der Waals surface area contributed by atoms with E-state index in [1.54, 1.807) is 18.2 Å². The first kappa shape index (κ1) is 15.9. The molecule has 0 saturated carbocycles. The lowest BCUT2D eigenvalue weighted by molar-refractivity contribution is 0.258. The highest BCUT2D eigenvalue weighted by Gasteiger charge is 2.26. The number of benzene rings is 1. The number of nitrogens with zero attached hydrogens (tertiary/aromatic N) is 1. The highest BCUT2D eigenvalue weighted by atomic mass is 32.2. The Labute approximate surface area is 114 Å². The molecule has 0 aromatic heterocycles. The molecular formula is C13H21NO4S. The first-order chi connectivity index (χ1) is 8.93. The SMILES string of the molecule is COc1cccc(S(=O)(=O)N(CCCO)C(C)C)c1. The first-order valence-corrected chi connectivity index (χ1v) is 7.64. The predicted molar refractivity (Wildman–Crippen MR) is 73.7 cm³/mol. The van der Waals surface area contributed by atoms with Gasteiger partial charge in [0.05, 0.1) is 12.0 Å². The smallest absolute Gasteiger partial charge is 0.243 e. The summed E-state index contributed by atoms with van der Waals surface area (Å²) in [7, 11) is -2.07. The molecule has 0 amide bonds. The largest absolute Gasteiger partial charge is 0.497 e. The Hall–Kier alpha value is -1.11. The topological polar surface area (TPSA) is 66.8 Å². The van der Waals surface area contributed by atoms with E-state index < -0.39 is 10.0 Å². The van der Waals surface area contributed by atoms with Gasteiger partial charge in [-0.2, -0.15) is 4.31 Å². The highest BCUT2D eigenvalue weighted by Crippen LogP contribution is 2.22. The minimum atomic E-state index is -3.56. The molecule has 5 nitrogen and oxygen atoms in total. The lowest BCUT2D eigenvalue weighted by atomic mass is 10.3. The molecule has 1 aromatic carbocycles. The second kappa shape index (κ2) is 6.88. The highest BCUT2D eigenvalue weighted by molar-refractivity contribution is 7.89. The van der Waals surface area contributed by atoms with Crippen LogP contribution in [0.4, 0.5) is 0 Å². The van der Waals surface area contributed by atoms with Crippen molar-refractivity contribution in [3.8, 4) is 5.75 Å². The maximum Gasteiger partial charge on any atom is 0.243 e. The third-order valence-corrected chi connectivity index (χ3v) is 4.83. The molecule has 0 aliphatic carbocycles. The van der Waals surface area contributed by atoms with Gasteiger partial charge in [-0.1, -0.05) is 6.07 Å². The van der Waals surface area contributed by atoms with Crippen molar-refractivity contribution >= 4 is 10.0 Å². The van der Waals surface area contributed by atoms with Gasteiger partial charge < -0.3 is 9.84 Å². The standard InChI is InChI=1S/C13H21NO4S/c1-11(2)14(8-5-9-15)19(16,17)13-7-4-6-12(10-13)18-3/h4,6-7,10-11,15H,5,8-9H2,1-3H3. The van der Waals surface area contributed by atoms with Crippen LogP contribution in [-0.4, -0.2) is 44.1 Å². The van der Waals surface area contributed by atoms with Crippen LogP contribution < -0.4 is 4.74 Å². The normalized spacial score (nSPS) is 12.1. The van der Waals surface area contributed by atoms with Crippen LogP contribution in [0.5, 0.6) is 5.75 Å². The first-order valence-electron chi connectivity index (χ1n) is 6.20. The molecule has 0 aliphatic heterocycles. The Morgan fingerprint density at radius 1 is 1.37 bits per heavy atom. The van der Waals surface area contributed by atoms with Gasteiger partial charge >= 0.3 is 0 Å². The summed E-state index contributed by atoms with van der Waals surface area (Å²) in [5, 5.41) is 8.87. The average molecular weight is 287 g/mol. The van der Waals surface area contributed by atoms with E-state index in [0.29, 0.717) is 18.7 Å². The summed E-state index contributed by atoms with van der Waals surface area (Å²) >= 11 is 0.